The first-order valence-corrected chi connectivity index (χ1v) is 18.1. The number of halogens is 1. The summed E-state index contributed by atoms with van der Waals surface area (Å²) in [6.07, 6.45) is 6.42. The van der Waals surface area contributed by atoms with E-state index in [9.17, 15) is 9.59 Å². The first-order chi connectivity index (χ1) is 25.2. The van der Waals surface area contributed by atoms with Crippen molar-refractivity contribution in [2.45, 2.75) is 69.1 Å². The molecule has 1 atom stereocenters. The zero-order chi connectivity index (χ0) is 35.8. The van der Waals surface area contributed by atoms with Crippen LogP contribution >= 0.6 is 0 Å². The summed E-state index contributed by atoms with van der Waals surface area (Å²) in [5, 5.41) is 6.30. The van der Waals surface area contributed by atoms with Crippen molar-refractivity contribution in [3.05, 3.63) is 76.9 Å². The van der Waals surface area contributed by atoms with Crippen LogP contribution in [0.25, 0.3) is 33.6 Å². The van der Waals surface area contributed by atoms with Gasteiger partial charge in [-0.2, -0.15) is 0 Å². The smallest absolute Gasteiger partial charge is 0.237 e. The first-order valence-electron chi connectivity index (χ1n) is 18.1. The SMILES string of the molecule is COc1nc(-c2cccc(-c3cccc(-c4cc5c(c(OC)n4)C(N4CC6(CCC(=O)N6)C4)CC5)c3C)c2F)cnc1CN1CC2(CCC(=O)N2)C1. The van der Waals surface area contributed by atoms with Crippen molar-refractivity contribution < 1.29 is 23.5 Å². The Morgan fingerprint density at radius 3 is 2.13 bits per heavy atom. The Hall–Kier alpha value is -4.94. The summed E-state index contributed by atoms with van der Waals surface area (Å²) in [7, 11) is 3.22. The van der Waals surface area contributed by atoms with Gasteiger partial charge in [-0.15, -0.1) is 0 Å². The zero-order valence-corrected chi connectivity index (χ0v) is 29.7. The fourth-order valence-corrected chi connectivity index (χ4v) is 9.29. The molecule has 4 aromatic rings. The standard InChI is InChI=1S/C40H42FN7O4/c1-23-25(6-4-7-26(23)29-16-24-10-11-32(35(24)38(43-29)52-3)48-21-40(22-48)15-13-34(50)46-40)27-8-5-9-28(36(27)41)30-17-42-31(37(44-30)51-2)18-47-19-39(20-47)14-12-33(49)45-39/h4-9,16-17,32H,10-15,18-22H2,1-3H3,(H,45,49)(H,46,50). The predicted octanol–water partition coefficient (Wildman–Crippen LogP) is 4.75. The summed E-state index contributed by atoms with van der Waals surface area (Å²) in [5.41, 5.74) is 7.40. The molecule has 6 heterocycles. The van der Waals surface area contributed by atoms with E-state index in [-0.39, 0.29) is 34.8 Å². The van der Waals surface area contributed by atoms with E-state index in [1.165, 1.54) is 5.56 Å². The number of pyridine rings is 1. The summed E-state index contributed by atoms with van der Waals surface area (Å²) in [4.78, 5) is 42.7. The third kappa shape index (κ3) is 5.42. The van der Waals surface area contributed by atoms with Crippen LogP contribution in [0.4, 0.5) is 4.39 Å². The lowest BCUT2D eigenvalue weighted by molar-refractivity contribution is -0.121. The van der Waals surface area contributed by atoms with Gasteiger partial charge in [0.15, 0.2) is 0 Å². The summed E-state index contributed by atoms with van der Waals surface area (Å²) in [6.45, 7) is 5.76. The normalized spacial score (nSPS) is 21.5. The molecule has 2 aromatic heterocycles. The Bertz CT molecular complexity index is 2130. The van der Waals surface area contributed by atoms with Crippen molar-refractivity contribution in [1.29, 1.82) is 0 Å². The van der Waals surface area contributed by atoms with Crippen molar-refractivity contribution in [2.75, 3.05) is 40.4 Å². The molecule has 1 unspecified atom stereocenters. The molecule has 268 valence electrons. The molecule has 4 fully saturated rings. The van der Waals surface area contributed by atoms with E-state index in [0.717, 1.165) is 79.8 Å². The quantitative estimate of drug-likeness (QED) is 0.268. The number of rotatable bonds is 8. The zero-order valence-electron chi connectivity index (χ0n) is 29.7. The lowest BCUT2D eigenvalue weighted by Crippen LogP contribution is -2.67. The maximum absolute atomic E-state index is 16.5. The minimum absolute atomic E-state index is 0.0816. The second-order valence-electron chi connectivity index (χ2n) is 15.2. The molecule has 52 heavy (non-hydrogen) atoms. The molecule has 9 rings (SSSR count). The van der Waals surface area contributed by atoms with Gasteiger partial charge < -0.3 is 20.1 Å². The highest BCUT2D eigenvalue weighted by Gasteiger charge is 2.51. The third-order valence-electron chi connectivity index (χ3n) is 11.9. The van der Waals surface area contributed by atoms with E-state index in [4.69, 9.17) is 19.4 Å². The topological polar surface area (TPSA) is 122 Å². The summed E-state index contributed by atoms with van der Waals surface area (Å²) < 4.78 is 28.1. The van der Waals surface area contributed by atoms with Crippen LogP contribution in [0.3, 0.4) is 0 Å². The van der Waals surface area contributed by atoms with Crippen LogP contribution in [0.2, 0.25) is 0 Å². The Morgan fingerprint density at radius 2 is 1.46 bits per heavy atom. The number of likely N-dealkylation sites (tertiary alicyclic amines) is 2. The minimum Gasteiger partial charge on any atom is -0.481 e. The molecule has 12 heteroatoms. The number of aryl methyl sites for hydroxylation is 1. The maximum atomic E-state index is 16.5. The van der Waals surface area contributed by atoms with E-state index in [2.05, 4.69) is 31.5 Å². The molecular weight excluding hydrogens is 661 g/mol. The van der Waals surface area contributed by atoms with Gasteiger partial charge in [0.2, 0.25) is 23.6 Å². The van der Waals surface area contributed by atoms with Crippen LogP contribution in [0.5, 0.6) is 11.8 Å². The lowest BCUT2D eigenvalue weighted by Gasteiger charge is -2.50. The summed E-state index contributed by atoms with van der Waals surface area (Å²) in [6, 6.07) is 13.6. The highest BCUT2D eigenvalue weighted by Crippen LogP contribution is 2.47. The van der Waals surface area contributed by atoms with Crippen molar-refractivity contribution in [3.63, 3.8) is 0 Å². The van der Waals surface area contributed by atoms with Crippen molar-refractivity contribution in [2.24, 2.45) is 0 Å². The van der Waals surface area contributed by atoms with Crippen molar-refractivity contribution in [1.82, 2.24) is 35.4 Å². The average molecular weight is 704 g/mol. The molecule has 11 nitrogen and oxygen atoms in total. The fourth-order valence-electron chi connectivity index (χ4n) is 9.29. The van der Waals surface area contributed by atoms with Gasteiger partial charge in [0.25, 0.3) is 0 Å². The van der Waals surface area contributed by atoms with E-state index in [1.807, 2.05) is 31.2 Å². The molecule has 4 aliphatic heterocycles. The van der Waals surface area contributed by atoms with Crippen LogP contribution in [-0.2, 0) is 22.6 Å². The second kappa shape index (κ2) is 12.3. The number of amides is 2. The molecule has 1 aliphatic carbocycles. The predicted molar refractivity (Wildman–Crippen MR) is 192 cm³/mol. The molecule has 2 N–H and O–H groups in total. The molecule has 0 radical (unpaired) electrons. The number of nitrogens with one attached hydrogen (secondary N) is 2. The molecule has 0 saturated carbocycles. The van der Waals surface area contributed by atoms with Gasteiger partial charge in [0.05, 0.1) is 42.9 Å². The van der Waals surface area contributed by atoms with Gasteiger partial charge in [0, 0.05) is 73.9 Å². The van der Waals surface area contributed by atoms with Gasteiger partial charge >= 0.3 is 0 Å². The molecule has 2 aromatic carbocycles. The number of carbonyl (C=O) groups excluding carboxylic acids is 2. The average Bonchev–Trinajstić information content (AvgIpc) is 3.84. The van der Waals surface area contributed by atoms with Gasteiger partial charge in [-0.25, -0.2) is 14.4 Å². The Morgan fingerprint density at radius 1 is 0.827 bits per heavy atom. The first kappa shape index (κ1) is 32.9. The second-order valence-corrected chi connectivity index (χ2v) is 15.2. The Kier molecular flexibility index (Phi) is 7.81. The molecule has 2 spiro atoms. The van der Waals surface area contributed by atoms with E-state index >= 15 is 4.39 Å². The summed E-state index contributed by atoms with van der Waals surface area (Å²) in [5.74, 6) is 0.854. The van der Waals surface area contributed by atoms with Gasteiger partial charge in [-0.05, 0) is 61.4 Å². The van der Waals surface area contributed by atoms with Gasteiger partial charge in [-0.3, -0.25) is 24.4 Å². The van der Waals surface area contributed by atoms with Crippen molar-refractivity contribution >= 4 is 11.8 Å². The van der Waals surface area contributed by atoms with Crippen molar-refractivity contribution in [3.8, 4) is 45.4 Å². The Balaban J connectivity index is 0.973. The van der Waals surface area contributed by atoms with E-state index < -0.39 is 0 Å². The van der Waals surface area contributed by atoms with Gasteiger partial charge in [0.1, 0.15) is 11.5 Å². The molecule has 5 aliphatic rings. The number of benzene rings is 2. The number of carbonyl (C=O) groups is 2. The largest absolute Gasteiger partial charge is 0.481 e. The maximum Gasteiger partial charge on any atom is 0.237 e. The van der Waals surface area contributed by atoms with Gasteiger partial charge in [-0.1, -0.05) is 30.3 Å². The minimum atomic E-state index is -0.387. The van der Waals surface area contributed by atoms with Crippen LogP contribution in [0.1, 0.15) is 60.5 Å². The summed E-state index contributed by atoms with van der Waals surface area (Å²) >= 11 is 0. The van der Waals surface area contributed by atoms with E-state index in [1.54, 1.807) is 32.5 Å². The molecule has 2 amide bonds. The molecular formula is C40H42FN7O4. The highest BCUT2D eigenvalue weighted by molar-refractivity contribution is 5.81. The number of methoxy groups -OCH3 is 2. The number of hydrogen-bond acceptors (Lipinski definition) is 9. The number of ether oxygens (including phenoxy) is 2. The number of fused-ring (bicyclic) bond motifs is 1. The van der Waals surface area contributed by atoms with Crippen LogP contribution in [-0.4, -0.2) is 88.0 Å². The Labute approximate surface area is 302 Å². The monoisotopic (exact) mass is 703 g/mol. The lowest BCUT2D eigenvalue weighted by atomic mass is 9.86. The third-order valence-corrected chi connectivity index (χ3v) is 11.9. The number of hydrogen-bond donors (Lipinski definition) is 2. The molecule has 4 saturated heterocycles. The van der Waals surface area contributed by atoms with Crippen LogP contribution in [0.15, 0.2) is 48.7 Å². The number of nitrogens with zero attached hydrogens (tertiary/aromatic N) is 5. The molecule has 0 bridgehead atoms. The fraction of sp³-hybridized carbons (Fsp3) is 0.425. The van der Waals surface area contributed by atoms with Crippen LogP contribution < -0.4 is 20.1 Å². The number of aromatic nitrogens is 3. The highest BCUT2D eigenvalue weighted by atomic mass is 19.1. The van der Waals surface area contributed by atoms with Crippen LogP contribution in [0, 0.1) is 12.7 Å². The van der Waals surface area contributed by atoms with E-state index in [0.29, 0.717) is 53.7 Å².